The zero-order valence-electron chi connectivity index (χ0n) is 16.5. The molecule has 1 saturated heterocycles. The van der Waals surface area contributed by atoms with Crippen LogP contribution in [-0.2, 0) is 9.53 Å². The van der Waals surface area contributed by atoms with Crippen LogP contribution >= 0.6 is 0 Å². The number of hydrogen-bond donors (Lipinski definition) is 0. The average Bonchev–Trinajstić information content (AvgIpc) is 2.74. The molecule has 2 atom stereocenters. The molecule has 150 valence electrons. The van der Waals surface area contributed by atoms with Gasteiger partial charge in [-0.2, -0.15) is 0 Å². The van der Waals surface area contributed by atoms with E-state index < -0.39 is 6.10 Å². The Balaban J connectivity index is 1.89. The number of likely N-dealkylation sites (tertiary alicyclic amines) is 1. The molecule has 1 amide bonds. The first kappa shape index (κ1) is 19.8. The molecule has 0 aliphatic carbocycles. The molecule has 1 fully saturated rings. The largest absolute Gasteiger partial charge is 0.497 e. The zero-order chi connectivity index (χ0) is 20.1. The molecule has 7 heteroatoms. The van der Waals surface area contributed by atoms with Gasteiger partial charge in [0.25, 0.3) is 5.91 Å². The highest BCUT2D eigenvalue weighted by molar-refractivity contribution is 5.89. The van der Waals surface area contributed by atoms with E-state index >= 15 is 0 Å². The lowest BCUT2D eigenvalue weighted by atomic mass is 9.90. The summed E-state index contributed by atoms with van der Waals surface area (Å²) in [6, 6.07) is 12.6. The van der Waals surface area contributed by atoms with Crippen molar-refractivity contribution in [3.8, 4) is 23.0 Å². The number of carbonyl (C=O) groups excluding carboxylic acids is 1. The number of benzene rings is 2. The summed E-state index contributed by atoms with van der Waals surface area (Å²) in [6.07, 6.45) is -0.637. The topological polar surface area (TPSA) is 66.5 Å². The van der Waals surface area contributed by atoms with Crippen molar-refractivity contribution in [2.75, 3.05) is 41.6 Å². The van der Waals surface area contributed by atoms with Gasteiger partial charge in [-0.1, -0.05) is 12.1 Å². The molecule has 0 N–H and O–H groups in total. The molecule has 3 rings (SSSR count). The number of carbonyl (C=O) groups is 1. The van der Waals surface area contributed by atoms with Gasteiger partial charge >= 0.3 is 0 Å². The first-order valence-electron chi connectivity index (χ1n) is 8.95. The number of nitrogens with zero attached hydrogens (tertiary/aromatic N) is 1. The molecule has 1 aliphatic heterocycles. The fourth-order valence-electron chi connectivity index (χ4n) is 3.28. The average molecular weight is 387 g/mol. The summed E-state index contributed by atoms with van der Waals surface area (Å²) in [4.78, 5) is 14.5. The monoisotopic (exact) mass is 387 g/mol. The van der Waals surface area contributed by atoms with Gasteiger partial charge in [0.05, 0.1) is 27.9 Å². The number of rotatable bonds is 9. The van der Waals surface area contributed by atoms with E-state index in [2.05, 4.69) is 0 Å². The maximum Gasteiger partial charge on any atom is 0.266 e. The van der Waals surface area contributed by atoms with Crippen LogP contribution in [0.5, 0.6) is 23.0 Å². The summed E-state index contributed by atoms with van der Waals surface area (Å²) < 4.78 is 27.1. The minimum Gasteiger partial charge on any atom is -0.497 e. The summed E-state index contributed by atoms with van der Waals surface area (Å²) in [5.41, 5.74) is 0.904. The van der Waals surface area contributed by atoms with E-state index in [1.54, 1.807) is 45.5 Å². The van der Waals surface area contributed by atoms with Gasteiger partial charge in [0.2, 0.25) is 6.10 Å². The van der Waals surface area contributed by atoms with Crippen LogP contribution in [0.4, 0.5) is 0 Å². The van der Waals surface area contributed by atoms with E-state index in [0.717, 1.165) is 5.56 Å². The summed E-state index contributed by atoms with van der Waals surface area (Å²) in [5, 5.41) is 0. The molecule has 0 radical (unpaired) electrons. The standard InChI is InChI=1S/C21H25NO6/c1-24-11-10-22-19(14-8-9-17(26-3)18(12-14)27-4)20(21(22)23)28-16-7-5-6-15(13-16)25-2/h5-9,12-13,19-20H,10-11H2,1-4H3. The third-order valence-electron chi connectivity index (χ3n) is 4.74. The quantitative estimate of drug-likeness (QED) is 0.617. The van der Waals surface area contributed by atoms with Crippen molar-refractivity contribution in [2.45, 2.75) is 12.1 Å². The van der Waals surface area contributed by atoms with E-state index in [1.165, 1.54) is 0 Å². The minimum absolute atomic E-state index is 0.0837. The smallest absolute Gasteiger partial charge is 0.266 e. The van der Waals surface area contributed by atoms with Crippen molar-refractivity contribution in [3.63, 3.8) is 0 Å². The highest BCUT2D eigenvalue weighted by Gasteiger charge is 2.50. The lowest BCUT2D eigenvalue weighted by molar-refractivity contribution is -0.165. The van der Waals surface area contributed by atoms with Crippen molar-refractivity contribution >= 4 is 5.91 Å². The Bertz CT molecular complexity index is 824. The van der Waals surface area contributed by atoms with Crippen LogP contribution in [0.1, 0.15) is 11.6 Å². The molecule has 0 spiro atoms. The maximum atomic E-state index is 12.7. The Labute approximate surface area is 164 Å². The molecule has 0 aromatic heterocycles. The van der Waals surface area contributed by atoms with Crippen molar-refractivity contribution in [1.82, 2.24) is 4.90 Å². The SMILES string of the molecule is COCCN1C(=O)C(Oc2cccc(OC)c2)C1c1ccc(OC)c(OC)c1. The van der Waals surface area contributed by atoms with E-state index in [-0.39, 0.29) is 11.9 Å². The van der Waals surface area contributed by atoms with Crippen molar-refractivity contribution in [2.24, 2.45) is 0 Å². The second-order valence-electron chi connectivity index (χ2n) is 6.30. The number of β-lactam (4-membered cyclic amide) rings is 1. The van der Waals surface area contributed by atoms with Crippen molar-refractivity contribution in [3.05, 3.63) is 48.0 Å². The Morgan fingerprint density at radius 2 is 1.64 bits per heavy atom. The van der Waals surface area contributed by atoms with Crippen LogP contribution in [0.2, 0.25) is 0 Å². The maximum absolute atomic E-state index is 12.7. The highest BCUT2D eigenvalue weighted by atomic mass is 16.5. The van der Waals surface area contributed by atoms with Gasteiger partial charge in [-0.15, -0.1) is 0 Å². The fourth-order valence-corrected chi connectivity index (χ4v) is 3.28. The van der Waals surface area contributed by atoms with Gasteiger partial charge in [-0.25, -0.2) is 0 Å². The molecular weight excluding hydrogens is 362 g/mol. The summed E-state index contributed by atoms with van der Waals surface area (Å²) in [6.45, 7) is 0.924. The molecule has 7 nitrogen and oxygen atoms in total. The molecule has 2 aromatic carbocycles. The van der Waals surface area contributed by atoms with Gasteiger partial charge in [0.1, 0.15) is 17.5 Å². The van der Waals surface area contributed by atoms with Crippen molar-refractivity contribution < 1.29 is 28.5 Å². The van der Waals surface area contributed by atoms with Gasteiger partial charge in [0, 0.05) is 19.7 Å². The number of hydrogen-bond acceptors (Lipinski definition) is 6. The summed E-state index contributed by atoms with van der Waals surface area (Å²) in [5.74, 6) is 2.40. The number of methoxy groups -OCH3 is 4. The van der Waals surface area contributed by atoms with Crippen LogP contribution < -0.4 is 18.9 Å². The lowest BCUT2D eigenvalue weighted by Gasteiger charge is -2.46. The molecule has 1 heterocycles. The predicted molar refractivity (Wildman–Crippen MR) is 103 cm³/mol. The molecule has 2 unspecified atom stereocenters. The van der Waals surface area contributed by atoms with E-state index in [9.17, 15) is 4.79 Å². The zero-order valence-corrected chi connectivity index (χ0v) is 16.5. The first-order valence-corrected chi connectivity index (χ1v) is 8.95. The minimum atomic E-state index is -0.637. The molecule has 0 saturated carbocycles. The van der Waals surface area contributed by atoms with Gasteiger partial charge < -0.3 is 28.6 Å². The van der Waals surface area contributed by atoms with Crippen LogP contribution in [0.15, 0.2) is 42.5 Å². The van der Waals surface area contributed by atoms with Crippen LogP contribution in [-0.4, -0.2) is 58.5 Å². The number of amides is 1. The first-order chi connectivity index (χ1) is 13.6. The Morgan fingerprint density at radius 1 is 0.893 bits per heavy atom. The molecule has 0 bridgehead atoms. The molecule has 2 aromatic rings. The van der Waals surface area contributed by atoms with Crippen LogP contribution in [0, 0.1) is 0 Å². The summed E-state index contributed by atoms with van der Waals surface area (Å²) >= 11 is 0. The third kappa shape index (κ3) is 3.84. The molecular formula is C21H25NO6. The second kappa shape index (κ2) is 8.84. The summed E-state index contributed by atoms with van der Waals surface area (Å²) in [7, 11) is 6.37. The Kier molecular flexibility index (Phi) is 6.26. The fraction of sp³-hybridized carbons (Fsp3) is 0.381. The van der Waals surface area contributed by atoms with Crippen molar-refractivity contribution in [1.29, 1.82) is 0 Å². The van der Waals surface area contributed by atoms with E-state index in [4.69, 9.17) is 23.7 Å². The Morgan fingerprint density at radius 3 is 2.32 bits per heavy atom. The van der Waals surface area contributed by atoms with Crippen LogP contribution in [0.3, 0.4) is 0 Å². The molecule has 28 heavy (non-hydrogen) atoms. The third-order valence-corrected chi connectivity index (χ3v) is 4.74. The van der Waals surface area contributed by atoms with Gasteiger partial charge in [0.15, 0.2) is 11.5 Å². The van der Waals surface area contributed by atoms with Gasteiger partial charge in [-0.05, 0) is 29.8 Å². The second-order valence-corrected chi connectivity index (χ2v) is 6.30. The van der Waals surface area contributed by atoms with E-state index in [0.29, 0.717) is 36.1 Å². The predicted octanol–water partition coefficient (Wildman–Crippen LogP) is 2.69. The van der Waals surface area contributed by atoms with Crippen LogP contribution in [0.25, 0.3) is 0 Å². The van der Waals surface area contributed by atoms with Gasteiger partial charge in [-0.3, -0.25) is 4.79 Å². The highest BCUT2D eigenvalue weighted by Crippen LogP contribution is 2.40. The lowest BCUT2D eigenvalue weighted by Crippen LogP contribution is -2.61. The van der Waals surface area contributed by atoms with E-state index in [1.807, 2.05) is 30.3 Å². The molecule has 1 aliphatic rings. The Hall–Kier alpha value is -2.93. The normalized spacial score (nSPS) is 18.4. The number of ether oxygens (including phenoxy) is 5.